The highest BCUT2D eigenvalue weighted by Gasteiger charge is 3.00. The van der Waals surface area contributed by atoms with Crippen LogP contribution < -0.4 is 0 Å². The number of nitrogens with zero attached hydrogens (tertiary/aromatic N) is 1. The number of unbranched alkanes of at least 4 members (excludes halogenated alkanes) is 9. The predicted octanol–water partition coefficient (Wildman–Crippen LogP) is 19.6. The number of hydrogen-bond donors (Lipinski definition) is 0. The van der Waals surface area contributed by atoms with Gasteiger partial charge in [0.1, 0.15) is 0 Å². The van der Waals surface area contributed by atoms with Crippen LogP contribution >= 0.6 is 12.2 Å². The molecule has 0 saturated carbocycles. The summed E-state index contributed by atoms with van der Waals surface area (Å²) in [6, 6.07) is 0. The average molecular weight is 1370 g/mol. The third-order valence-electron chi connectivity index (χ3n) is 12.0. The Morgan fingerprint density at radius 2 is 0.452 bits per heavy atom. The van der Waals surface area contributed by atoms with E-state index in [1.165, 1.54) is 0 Å². The molecule has 0 atom stereocenters. The minimum atomic E-state index is -9.58. The van der Waals surface area contributed by atoms with Crippen LogP contribution in [0.1, 0.15) is 96.8 Å². The molecule has 0 aromatic carbocycles. The Kier molecular flexibility index (Phi) is 24.0. The van der Waals surface area contributed by atoms with Gasteiger partial charge in [0.25, 0.3) is 5.17 Å². The van der Waals surface area contributed by atoms with Crippen molar-refractivity contribution in [2.45, 2.75) is 216 Å². The number of rotatable bonds is 35. The Bertz CT molecular complexity index is 2000. The molecule has 0 aliphatic rings. The van der Waals surface area contributed by atoms with Crippen molar-refractivity contribution in [3.63, 3.8) is 0 Å². The zero-order valence-corrected chi connectivity index (χ0v) is 41.5. The second kappa shape index (κ2) is 25.0. The van der Waals surface area contributed by atoms with E-state index in [2.05, 4.69) is 12.2 Å². The van der Waals surface area contributed by atoms with E-state index < -0.39 is 170 Å². The van der Waals surface area contributed by atoms with Gasteiger partial charge in [0.05, 0.1) is 6.61 Å². The summed E-state index contributed by atoms with van der Waals surface area (Å²) >= 11 is 4.51. The molecule has 0 aromatic heterocycles. The zero-order valence-electron chi connectivity index (χ0n) is 40.7. The van der Waals surface area contributed by atoms with E-state index in [4.69, 9.17) is 4.74 Å². The van der Waals surface area contributed by atoms with Gasteiger partial charge >= 0.3 is 119 Å². The van der Waals surface area contributed by atoms with Gasteiger partial charge in [0.2, 0.25) is 0 Å². The van der Waals surface area contributed by atoms with E-state index in [1.807, 2.05) is 6.92 Å². The van der Waals surface area contributed by atoms with Gasteiger partial charge in [-0.2, -0.15) is 184 Å². The van der Waals surface area contributed by atoms with Crippen molar-refractivity contribution < 1.29 is 189 Å². The molecule has 0 heterocycles. The van der Waals surface area contributed by atoms with Gasteiger partial charge in [-0.3, -0.25) is 0 Å². The summed E-state index contributed by atoms with van der Waals surface area (Å²) in [7, 11) is 0. The number of hydrogen-bond acceptors (Lipinski definition) is 2. The highest BCUT2D eigenvalue weighted by atomic mass is 32.1. The third kappa shape index (κ3) is 13.2. The van der Waals surface area contributed by atoms with Gasteiger partial charge in [-0.1, -0.05) is 64.7 Å². The number of ether oxygens (including phenoxy) is 1. The maximum absolute atomic E-state index is 14.7. The quantitative estimate of drug-likeness (QED) is 0.0356. The van der Waals surface area contributed by atoms with Crippen molar-refractivity contribution in [1.29, 1.82) is 0 Å². The summed E-state index contributed by atoms with van der Waals surface area (Å²) in [5, 5.41) is -1.56. The normalized spacial score (nSPS) is 15.9. The Hall–Kier alpha value is -3.25. The summed E-state index contributed by atoms with van der Waals surface area (Å²) in [6.07, 6.45) is -23.2. The molecule has 0 bridgehead atoms. The van der Waals surface area contributed by atoms with Gasteiger partial charge < -0.3 is 9.64 Å². The Labute approximate surface area is 447 Å². The van der Waals surface area contributed by atoms with Gasteiger partial charge in [0, 0.05) is 25.9 Å². The average Bonchev–Trinajstić information content (AvgIpc) is 3.30. The van der Waals surface area contributed by atoms with Crippen LogP contribution in [-0.4, -0.2) is 149 Å². The molecule has 0 aliphatic heterocycles. The SMILES string of the molecule is CCCCCCCCCCCCOC(=S)N(CCCC(F)(F)C(F)(F)C(F)(F)C(F)(F)C(F)(F)C(F)(F)C(F)(F)C(F)(F)C(F)(F)C(F)(F)F)CCCC(F)(F)C(F)(F)C(F)(F)C(F)(F)C(F)(F)C(F)(F)C(F)(F)C(F)(F)C(F)(F)C(F)(F)F. The Balaban J connectivity index is 7.16. The topological polar surface area (TPSA) is 12.5 Å². The van der Waals surface area contributed by atoms with Crippen molar-refractivity contribution >= 4 is 17.4 Å². The summed E-state index contributed by atoms with van der Waals surface area (Å²) in [4.78, 5) is -0.366. The molecule has 0 amide bonds. The second-order valence-corrected chi connectivity index (χ2v) is 18.4. The minimum Gasteiger partial charge on any atom is -0.471 e. The first-order valence-electron chi connectivity index (χ1n) is 22.4. The first-order chi connectivity index (χ1) is 36.5. The molecule has 45 heteroatoms. The highest BCUT2D eigenvalue weighted by molar-refractivity contribution is 7.80. The summed E-state index contributed by atoms with van der Waals surface area (Å²) in [5.74, 6) is -162. The molecule has 0 saturated heterocycles. The molecule has 0 fully saturated rings. The second-order valence-electron chi connectivity index (χ2n) is 18.1. The van der Waals surface area contributed by atoms with Crippen molar-refractivity contribution in [2.24, 2.45) is 0 Å². The minimum absolute atomic E-state index is 0.0774. The maximum Gasteiger partial charge on any atom is 0.460 e. The summed E-state index contributed by atoms with van der Waals surface area (Å²) < 4.78 is 585. The summed E-state index contributed by atoms with van der Waals surface area (Å²) in [5.41, 5.74) is 0. The van der Waals surface area contributed by atoms with Crippen molar-refractivity contribution in [2.75, 3.05) is 19.7 Å². The van der Waals surface area contributed by atoms with Crippen LogP contribution in [0.25, 0.3) is 0 Å². The van der Waals surface area contributed by atoms with E-state index in [-0.39, 0.29) is 17.7 Å². The Morgan fingerprint density at radius 3 is 0.667 bits per heavy atom. The third-order valence-corrected chi connectivity index (χ3v) is 12.3. The van der Waals surface area contributed by atoms with E-state index in [9.17, 15) is 184 Å². The molecule has 84 heavy (non-hydrogen) atoms. The first kappa shape index (κ1) is 80.8. The fourth-order valence-electron chi connectivity index (χ4n) is 6.61. The summed E-state index contributed by atoms with van der Waals surface area (Å²) in [6.45, 7) is -3.11. The fourth-order valence-corrected chi connectivity index (χ4v) is 6.88. The zero-order chi connectivity index (χ0) is 67.9. The monoisotopic (exact) mass is 1370 g/mol. The highest BCUT2D eigenvalue weighted by Crippen LogP contribution is 2.69. The van der Waals surface area contributed by atoms with Crippen molar-refractivity contribution in [3.8, 4) is 0 Å². The standard InChI is InChI=1S/C39H37F42NOS/c1-2-3-4-5-6-7-8-9-10-11-18-83-19(84)82(16-12-14-20(40,41)22(44,45)24(48,49)26(52,53)28(56,57)30(60,61)32(64,65)34(68,69)36(72,73)38(76,77)78)17-13-15-21(42,43)23(46,47)25(50,51)27(54,55)29(58,59)31(62,63)33(66,67)35(70,71)37(74,75)39(79,80)81/h2-18H2,1H3. The van der Waals surface area contributed by atoms with Crippen molar-refractivity contribution in [3.05, 3.63) is 0 Å². The van der Waals surface area contributed by atoms with Crippen LogP contribution in [0.4, 0.5) is 184 Å². The molecule has 0 N–H and O–H groups in total. The molecule has 2 nitrogen and oxygen atoms in total. The van der Waals surface area contributed by atoms with Crippen LogP contribution in [0.5, 0.6) is 0 Å². The van der Waals surface area contributed by atoms with E-state index in [1.54, 1.807) is 0 Å². The molecule has 0 radical (unpaired) electrons. The lowest BCUT2D eigenvalue weighted by Crippen LogP contribution is -2.76. The largest absolute Gasteiger partial charge is 0.471 e. The van der Waals surface area contributed by atoms with E-state index >= 15 is 0 Å². The van der Waals surface area contributed by atoms with Crippen LogP contribution in [0.2, 0.25) is 0 Å². The number of alkyl halides is 42. The fraction of sp³-hybridized carbons (Fsp3) is 0.974. The number of halogens is 42. The van der Waals surface area contributed by atoms with Gasteiger partial charge in [-0.25, -0.2) is 0 Å². The van der Waals surface area contributed by atoms with E-state index in [0.29, 0.717) is 25.7 Å². The van der Waals surface area contributed by atoms with Crippen LogP contribution in [0.15, 0.2) is 0 Å². The van der Waals surface area contributed by atoms with Gasteiger partial charge in [-0.05, 0) is 31.5 Å². The first-order valence-corrected chi connectivity index (χ1v) is 22.8. The lowest BCUT2D eigenvalue weighted by Gasteiger charge is -2.44. The van der Waals surface area contributed by atoms with Gasteiger partial charge in [-0.15, -0.1) is 0 Å². The van der Waals surface area contributed by atoms with Crippen LogP contribution in [0.3, 0.4) is 0 Å². The Morgan fingerprint density at radius 1 is 0.262 bits per heavy atom. The molecule has 0 spiro atoms. The molecule has 0 rings (SSSR count). The smallest absolute Gasteiger partial charge is 0.460 e. The van der Waals surface area contributed by atoms with E-state index in [0.717, 1.165) is 25.7 Å². The lowest BCUT2D eigenvalue weighted by atomic mass is 9.85. The number of thiocarbonyl (C=S) groups is 1. The lowest BCUT2D eigenvalue weighted by molar-refractivity contribution is -0.474. The molecule has 0 unspecified atom stereocenters. The molecule has 504 valence electrons. The maximum atomic E-state index is 14.7. The molecular weight excluding hydrogens is 1330 g/mol. The van der Waals surface area contributed by atoms with Crippen molar-refractivity contribution in [1.82, 2.24) is 4.90 Å². The molecule has 0 aliphatic carbocycles. The van der Waals surface area contributed by atoms with Gasteiger partial charge in [0.15, 0.2) is 0 Å². The van der Waals surface area contributed by atoms with Crippen LogP contribution in [-0.2, 0) is 4.74 Å². The molecule has 0 aromatic rings. The molecular formula is C39H37F42NOS. The predicted molar refractivity (Wildman–Crippen MR) is 202 cm³/mol. The van der Waals surface area contributed by atoms with Crippen LogP contribution in [0, 0.1) is 0 Å².